The molecule has 0 heterocycles. The molecule has 0 saturated heterocycles. The van der Waals surface area contributed by atoms with E-state index in [1.807, 2.05) is 6.07 Å². The number of benzene rings is 2. The van der Waals surface area contributed by atoms with E-state index in [0.717, 1.165) is 48.9 Å². The van der Waals surface area contributed by atoms with Gasteiger partial charge >= 0.3 is 6.18 Å². The molecule has 1 aliphatic carbocycles. The summed E-state index contributed by atoms with van der Waals surface area (Å²) < 4.78 is 52.3. The molecule has 1 aliphatic rings. The van der Waals surface area contributed by atoms with Crippen molar-refractivity contribution in [1.29, 1.82) is 0 Å². The lowest BCUT2D eigenvalue weighted by molar-refractivity contribution is -0.138. The van der Waals surface area contributed by atoms with Gasteiger partial charge in [-0.15, -0.1) is 0 Å². The van der Waals surface area contributed by atoms with E-state index in [0.29, 0.717) is 11.8 Å². The van der Waals surface area contributed by atoms with Crippen LogP contribution in [0.15, 0.2) is 36.4 Å². The average molecular weight is 337 g/mol. The number of carbonyl (C=O) groups is 1. The predicted molar refractivity (Wildman–Crippen MR) is 82.4 cm³/mol. The van der Waals surface area contributed by atoms with Crippen LogP contribution in [-0.4, -0.2) is 5.91 Å². The van der Waals surface area contributed by atoms with Gasteiger partial charge in [0.25, 0.3) is 5.91 Å². The summed E-state index contributed by atoms with van der Waals surface area (Å²) in [6.07, 6.45) is -1.10. The van der Waals surface area contributed by atoms with Crippen LogP contribution in [-0.2, 0) is 19.0 Å². The molecule has 0 atom stereocenters. The van der Waals surface area contributed by atoms with Gasteiger partial charge in [0, 0.05) is 5.69 Å². The molecule has 1 amide bonds. The third-order valence-corrected chi connectivity index (χ3v) is 4.18. The fourth-order valence-corrected chi connectivity index (χ4v) is 3.04. The monoisotopic (exact) mass is 337 g/mol. The Morgan fingerprint density at radius 2 is 1.79 bits per heavy atom. The predicted octanol–water partition coefficient (Wildman–Crippen LogP) is 4.98. The summed E-state index contributed by atoms with van der Waals surface area (Å²) >= 11 is 0. The molecule has 0 aliphatic heterocycles. The second-order valence-corrected chi connectivity index (χ2v) is 5.79. The van der Waals surface area contributed by atoms with Crippen molar-refractivity contribution in [3.63, 3.8) is 0 Å². The van der Waals surface area contributed by atoms with Crippen molar-refractivity contribution in [3.05, 3.63) is 64.5 Å². The van der Waals surface area contributed by atoms with Crippen molar-refractivity contribution in [3.8, 4) is 0 Å². The Balaban J connectivity index is 1.95. The Labute approximate surface area is 136 Å². The van der Waals surface area contributed by atoms with Gasteiger partial charge in [0.1, 0.15) is 5.82 Å². The van der Waals surface area contributed by atoms with Gasteiger partial charge in [-0.2, -0.15) is 13.2 Å². The Morgan fingerprint density at radius 3 is 2.54 bits per heavy atom. The van der Waals surface area contributed by atoms with Crippen LogP contribution in [0.1, 0.15) is 39.9 Å². The first-order valence-electron chi connectivity index (χ1n) is 7.65. The molecule has 0 radical (unpaired) electrons. The van der Waals surface area contributed by atoms with E-state index in [-0.39, 0.29) is 0 Å². The fourth-order valence-electron chi connectivity index (χ4n) is 3.04. The Hall–Kier alpha value is -2.37. The van der Waals surface area contributed by atoms with Gasteiger partial charge < -0.3 is 5.32 Å². The van der Waals surface area contributed by atoms with E-state index in [4.69, 9.17) is 0 Å². The largest absolute Gasteiger partial charge is 0.417 e. The average Bonchev–Trinajstić information content (AvgIpc) is 2.54. The maximum atomic E-state index is 13.2. The lowest BCUT2D eigenvalue weighted by atomic mass is 9.90. The zero-order valence-electron chi connectivity index (χ0n) is 12.7. The van der Waals surface area contributed by atoms with Gasteiger partial charge in [-0.05, 0) is 61.1 Å². The standard InChI is InChI=1S/C18H15F4NO/c19-12-8-9-14(15(10-12)18(20,21)22)17(24)23-16-7-3-5-11-4-1-2-6-13(11)16/h3,5,7-10H,1-2,4,6H2,(H,23,24). The summed E-state index contributed by atoms with van der Waals surface area (Å²) in [5.41, 5.74) is 0.735. The van der Waals surface area contributed by atoms with Crippen LogP contribution < -0.4 is 5.32 Å². The van der Waals surface area contributed by atoms with Crippen molar-refractivity contribution in [1.82, 2.24) is 0 Å². The second kappa shape index (κ2) is 6.26. The summed E-state index contributed by atoms with van der Waals surface area (Å²) in [4.78, 5) is 12.3. The first kappa shape index (κ1) is 16.5. The highest BCUT2D eigenvalue weighted by Crippen LogP contribution is 2.34. The van der Waals surface area contributed by atoms with E-state index >= 15 is 0 Å². The SMILES string of the molecule is O=C(Nc1cccc2c1CCCC2)c1ccc(F)cc1C(F)(F)F. The van der Waals surface area contributed by atoms with Gasteiger partial charge in [0.2, 0.25) is 0 Å². The van der Waals surface area contributed by atoms with Crippen LogP contribution in [0.25, 0.3) is 0 Å². The molecular formula is C18H15F4NO. The molecule has 0 unspecified atom stereocenters. The summed E-state index contributed by atoms with van der Waals surface area (Å²) in [6, 6.07) is 7.47. The summed E-state index contributed by atoms with van der Waals surface area (Å²) in [7, 11) is 0. The van der Waals surface area contributed by atoms with Crippen LogP contribution in [0, 0.1) is 5.82 Å². The van der Waals surface area contributed by atoms with Gasteiger partial charge in [-0.3, -0.25) is 4.79 Å². The van der Waals surface area contributed by atoms with Crippen LogP contribution in [0.5, 0.6) is 0 Å². The quantitative estimate of drug-likeness (QED) is 0.770. The van der Waals surface area contributed by atoms with Crippen LogP contribution in [0.4, 0.5) is 23.2 Å². The van der Waals surface area contributed by atoms with Crippen LogP contribution >= 0.6 is 0 Å². The van der Waals surface area contributed by atoms with Gasteiger partial charge in [0.15, 0.2) is 0 Å². The van der Waals surface area contributed by atoms with Crippen LogP contribution in [0.2, 0.25) is 0 Å². The number of nitrogens with one attached hydrogen (secondary N) is 1. The first-order chi connectivity index (χ1) is 11.4. The van der Waals surface area contributed by atoms with E-state index < -0.39 is 29.0 Å². The number of hydrogen-bond acceptors (Lipinski definition) is 1. The molecule has 24 heavy (non-hydrogen) atoms. The topological polar surface area (TPSA) is 29.1 Å². The second-order valence-electron chi connectivity index (χ2n) is 5.79. The van der Waals surface area contributed by atoms with Crippen molar-refractivity contribution < 1.29 is 22.4 Å². The molecule has 1 N–H and O–H groups in total. The molecule has 0 spiro atoms. The maximum Gasteiger partial charge on any atom is 0.417 e. The smallest absolute Gasteiger partial charge is 0.322 e. The molecule has 0 bridgehead atoms. The Kier molecular flexibility index (Phi) is 4.30. The maximum absolute atomic E-state index is 13.2. The molecule has 126 valence electrons. The van der Waals surface area contributed by atoms with E-state index in [2.05, 4.69) is 5.32 Å². The molecular weight excluding hydrogens is 322 g/mol. The fraction of sp³-hybridized carbons (Fsp3) is 0.278. The number of aryl methyl sites for hydroxylation is 1. The van der Waals surface area contributed by atoms with E-state index in [1.54, 1.807) is 12.1 Å². The minimum Gasteiger partial charge on any atom is -0.322 e. The number of rotatable bonds is 2. The molecule has 0 fully saturated rings. The molecule has 6 heteroatoms. The van der Waals surface area contributed by atoms with Crippen molar-refractivity contribution in [2.75, 3.05) is 5.32 Å². The summed E-state index contributed by atoms with van der Waals surface area (Å²) in [6.45, 7) is 0. The molecule has 2 aromatic rings. The van der Waals surface area contributed by atoms with Crippen molar-refractivity contribution >= 4 is 11.6 Å². The third-order valence-electron chi connectivity index (χ3n) is 4.18. The summed E-state index contributed by atoms with van der Waals surface area (Å²) in [5.74, 6) is -1.92. The Bertz CT molecular complexity index is 783. The van der Waals surface area contributed by atoms with Gasteiger partial charge in [-0.1, -0.05) is 12.1 Å². The molecule has 0 aromatic heterocycles. The first-order valence-corrected chi connectivity index (χ1v) is 7.65. The highest BCUT2D eigenvalue weighted by molar-refractivity contribution is 6.05. The lowest BCUT2D eigenvalue weighted by Gasteiger charge is -2.20. The zero-order valence-corrected chi connectivity index (χ0v) is 12.7. The highest BCUT2D eigenvalue weighted by Gasteiger charge is 2.35. The lowest BCUT2D eigenvalue weighted by Crippen LogP contribution is -2.20. The molecule has 0 saturated carbocycles. The number of hydrogen-bond donors (Lipinski definition) is 1. The van der Waals surface area contributed by atoms with Crippen LogP contribution in [0.3, 0.4) is 0 Å². The van der Waals surface area contributed by atoms with Gasteiger partial charge in [0.05, 0.1) is 11.1 Å². The zero-order chi connectivity index (χ0) is 17.3. The number of halogens is 4. The molecule has 2 nitrogen and oxygen atoms in total. The minimum atomic E-state index is -4.80. The number of anilines is 1. The molecule has 3 rings (SSSR count). The number of amides is 1. The minimum absolute atomic E-state index is 0.343. The van der Waals surface area contributed by atoms with E-state index in [1.165, 1.54) is 0 Å². The Morgan fingerprint density at radius 1 is 1.04 bits per heavy atom. The highest BCUT2D eigenvalue weighted by atomic mass is 19.4. The third kappa shape index (κ3) is 3.27. The van der Waals surface area contributed by atoms with E-state index in [9.17, 15) is 22.4 Å². The van der Waals surface area contributed by atoms with Gasteiger partial charge in [-0.25, -0.2) is 4.39 Å². The number of alkyl halides is 3. The van der Waals surface area contributed by atoms with Crippen molar-refractivity contribution in [2.45, 2.75) is 31.9 Å². The number of fused-ring (bicyclic) bond motifs is 1. The normalized spacial score (nSPS) is 14.2. The summed E-state index contributed by atoms with van der Waals surface area (Å²) in [5, 5.41) is 2.56. The van der Waals surface area contributed by atoms with Crippen molar-refractivity contribution in [2.24, 2.45) is 0 Å². The number of carbonyl (C=O) groups excluding carboxylic acids is 1. The molecule has 2 aromatic carbocycles.